The van der Waals surface area contributed by atoms with Crippen LogP contribution < -0.4 is 10.6 Å². The predicted molar refractivity (Wildman–Crippen MR) is 55.1 cm³/mol. The lowest BCUT2D eigenvalue weighted by Crippen LogP contribution is -2.35. The summed E-state index contributed by atoms with van der Waals surface area (Å²) in [7, 11) is 1.64. The summed E-state index contributed by atoms with van der Waals surface area (Å²) >= 11 is 0. The molecular weight excluding hydrogens is 180 g/mol. The van der Waals surface area contributed by atoms with Crippen molar-refractivity contribution < 1.29 is 9.53 Å². The van der Waals surface area contributed by atoms with Gasteiger partial charge in [0.2, 0.25) is 5.91 Å². The Morgan fingerprint density at radius 2 is 2.50 bits per heavy atom. The van der Waals surface area contributed by atoms with Gasteiger partial charge in [-0.15, -0.1) is 0 Å². The summed E-state index contributed by atoms with van der Waals surface area (Å²) < 4.78 is 4.86. The Labute approximate surface area is 85.4 Å². The Hall–Kier alpha value is -0.610. The molecule has 4 nitrogen and oxygen atoms in total. The molecule has 0 radical (unpaired) electrons. The van der Waals surface area contributed by atoms with E-state index in [-0.39, 0.29) is 5.91 Å². The van der Waals surface area contributed by atoms with Crippen molar-refractivity contribution in [3.63, 3.8) is 0 Å². The zero-order chi connectivity index (χ0) is 10.2. The molecule has 0 saturated carbocycles. The molecule has 1 aliphatic rings. The maximum Gasteiger partial charge on any atom is 0.220 e. The molecule has 1 amide bonds. The Morgan fingerprint density at radius 3 is 3.14 bits per heavy atom. The zero-order valence-electron chi connectivity index (χ0n) is 8.84. The highest BCUT2D eigenvalue weighted by atomic mass is 16.5. The first kappa shape index (κ1) is 11.5. The molecule has 1 saturated heterocycles. The van der Waals surface area contributed by atoms with Gasteiger partial charge in [-0.3, -0.25) is 4.79 Å². The molecule has 1 fully saturated rings. The fourth-order valence-electron chi connectivity index (χ4n) is 1.73. The van der Waals surface area contributed by atoms with E-state index in [1.54, 1.807) is 7.11 Å². The summed E-state index contributed by atoms with van der Waals surface area (Å²) in [5.41, 5.74) is 0. The van der Waals surface area contributed by atoms with Crippen molar-refractivity contribution >= 4 is 5.91 Å². The summed E-state index contributed by atoms with van der Waals surface area (Å²) in [6.45, 7) is 3.30. The van der Waals surface area contributed by atoms with Gasteiger partial charge in [0, 0.05) is 20.1 Å². The van der Waals surface area contributed by atoms with Crippen molar-refractivity contribution in [1.82, 2.24) is 10.6 Å². The normalized spacial score (nSPS) is 21.9. The van der Waals surface area contributed by atoms with Gasteiger partial charge in [-0.1, -0.05) is 0 Å². The lowest BCUT2D eigenvalue weighted by Gasteiger charge is -2.21. The van der Waals surface area contributed by atoms with E-state index >= 15 is 0 Å². The van der Waals surface area contributed by atoms with Gasteiger partial charge >= 0.3 is 0 Å². The quantitative estimate of drug-likeness (QED) is 0.621. The number of amides is 1. The Balaban J connectivity index is 2.06. The Morgan fingerprint density at radius 1 is 1.64 bits per heavy atom. The third kappa shape index (κ3) is 4.58. The summed E-state index contributed by atoms with van der Waals surface area (Å²) in [6, 6.07) is 0. The monoisotopic (exact) mass is 200 g/mol. The van der Waals surface area contributed by atoms with Crippen molar-refractivity contribution in [1.29, 1.82) is 0 Å². The van der Waals surface area contributed by atoms with E-state index in [1.807, 2.05) is 0 Å². The Kier molecular flexibility index (Phi) is 5.56. The van der Waals surface area contributed by atoms with Gasteiger partial charge < -0.3 is 15.4 Å². The van der Waals surface area contributed by atoms with Crippen LogP contribution in [-0.4, -0.2) is 39.3 Å². The predicted octanol–water partition coefficient (Wildman–Crippen LogP) is 0.139. The molecular formula is C10H20N2O2. The molecule has 0 bridgehead atoms. The highest BCUT2D eigenvalue weighted by Crippen LogP contribution is 2.13. The first-order chi connectivity index (χ1) is 6.83. The van der Waals surface area contributed by atoms with Gasteiger partial charge in [-0.25, -0.2) is 0 Å². The average molecular weight is 200 g/mol. The standard InChI is InChI=1S/C10H20N2O2/c1-14-6-5-12-10(13)7-9-3-2-4-11-8-9/h9,11H,2-8H2,1H3,(H,12,13)/t9-/m0/s1. The molecule has 1 heterocycles. The molecule has 4 heteroatoms. The lowest BCUT2D eigenvalue weighted by atomic mass is 9.96. The van der Waals surface area contributed by atoms with Crippen LogP contribution >= 0.6 is 0 Å². The highest BCUT2D eigenvalue weighted by molar-refractivity contribution is 5.76. The first-order valence-corrected chi connectivity index (χ1v) is 5.29. The number of ether oxygens (including phenoxy) is 1. The molecule has 2 N–H and O–H groups in total. The van der Waals surface area contributed by atoms with Crippen LogP contribution in [0.1, 0.15) is 19.3 Å². The highest BCUT2D eigenvalue weighted by Gasteiger charge is 2.15. The van der Waals surface area contributed by atoms with Gasteiger partial charge in [0.15, 0.2) is 0 Å². The van der Waals surface area contributed by atoms with Crippen molar-refractivity contribution in [3.8, 4) is 0 Å². The minimum atomic E-state index is 0.149. The van der Waals surface area contributed by atoms with E-state index in [9.17, 15) is 4.79 Å². The van der Waals surface area contributed by atoms with Crippen LogP contribution in [0.25, 0.3) is 0 Å². The van der Waals surface area contributed by atoms with E-state index in [2.05, 4.69) is 10.6 Å². The maximum absolute atomic E-state index is 11.4. The fraction of sp³-hybridized carbons (Fsp3) is 0.900. The molecule has 1 rings (SSSR count). The summed E-state index contributed by atoms with van der Waals surface area (Å²) in [6.07, 6.45) is 3.01. The number of carbonyl (C=O) groups is 1. The minimum Gasteiger partial charge on any atom is -0.383 e. The molecule has 1 atom stereocenters. The van der Waals surface area contributed by atoms with Crippen LogP contribution in [0.5, 0.6) is 0 Å². The summed E-state index contributed by atoms with van der Waals surface area (Å²) in [4.78, 5) is 11.4. The van der Waals surface area contributed by atoms with Crippen LogP contribution in [0.4, 0.5) is 0 Å². The van der Waals surface area contributed by atoms with Crippen LogP contribution in [0, 0.1) is 5.92 Å². The topological polar surface area (TPSA) is 50.4 Å². The van der Waals surface area contributed by atoms with Crippen LogP contribution in [0.3, 0.4) is 0 Å². The molecule has 82 valence electrons. The SMILES string of the molecule is COCCNC(=O)C[C@@H]1CCCNC1. The van der Waals surface area contributed by atoms with E-state index < -0.39 is 0 Å². The third-order valence-corrected chi connectivity index (χ3v) is 2.50. The lowest BCUT2D eigenvalue weighted by molar-refractivity contribution is -0.122. The van der Waals surface area contributed by atoms with Crippen LogP contribution in [0.15, 0.2) is 0 Å². The zero-order valence-corrected chi connectivity index (χ0v) is 8.84. The van der Waals surface area contributed by atoms with E-state index in [4.69, 9.17) is 4.74 Å². The number of nitrogens with one attached hydrogen (secondary N) is 2. The first-order valence-electron chi connectivity index (χ1n) is 5.29. The van der Waals surface area contributed by atoms with Crippen molar-refractivity contribution in [2.75, 3.05) is 33.4 Å². The largest absolute Gasteiger partial charge is 0.383 e. The average Bonchev–Trinajstić information content (AvgIpc) is 2.20. The van der Waals surface area contributed by atoms with Crippen molar-refractivity contribution in [2.24, 2.45) is 5.92 Å². The third-order valence-electron chi connectivity index (χ3n) is 2.50. The van der Waals surface area contributed by atoms with E-state index in [0.29, 0.717) is 25.5 Å². The van der Waals surface area contributed by atoms with E-state index in [0.717, 1.165) is 13.1 Å². The molecule has 0 aromatic rings. The molecule has 1 aliphatic heterocycles. The number of carbonyl (C=O) groups excluding carboxylic acids is 1. The number of methoxy groups -OCH3 is 1. The summed E-state index contributed by atoms with van der Waals surface area (Å²) in [5, 5.41) is 6.14. The van der Waals surface area contributed by atoms with Gasteiger partial charge in [-0.2, -0.15) is 0 Å². The molecule has 0 aromatic carbocycles. The second-order valence-electron chi connectivity index (χ2n) is 3.76. The van der Waals surface area contributed by atoms with Crippen LogP contribution in [-0.2, 0) is 9.53 Å². The van der Waals surface area contributed by atoms with Crippen LogP contribution in [0.2, 0.25) is 0 Å². The molecule has 0 aromatic heterocycles. The number of rotatable bonds is 5. The second-order valence-corrected chi connectivity index (χ2v) is 3.76. The smallest absolute Gasteiger partial charge is 0.220 e. The minimum absolute atomic E-state index is 0.149. The van der Waals surface area contributed by atoms with Gasteiger partial charge in [0.05, 0.1) is 6.61 Å². The fourth-order valence-corrected chi connectivity index (χ4v) is 1.73. The molecule has 14 heavy (non-hydrogen) atoms. The van der Waals surface area contributed by atoms with E-state index in [1.165, 1.54) is 12.8 Å². The number of hydrogen-bond acceptors (Lipinski definition) is 3. The summed E-state index contributed by atoms with van der Waals surface area (Å²) in [5.74, 6) is 0.669. The van der Waals surface area contributed by atoms with Gasteiger partial charge in [0.25, 0.3) is 0 Å². The van der Waals surface area contributed by atoms with Crippen molar-refractivity contribution in [3.05, 3.63) is 0 Å². The molecule has 0 aliphatic carbocycles. The Bertz CT molecular complexity index is 168. The van der Waals surface area contributed by atoms with Gasteiger partial charge in [-0.05, 0) is 31.8 Å². The number of hydrogen-bond donors (Lipinski definition) is 2. The molecule has 0 spiro atoms. The number of piperidine rings is 1. The molecule has 0 unspecified atom stereocenters. The maximum atomic E-state index is 11.4. The van der Waals surface area contributed by atoms with Crippen molar-refractivity contribution in [2.45, 2.75) is 19.3 Å². The van der Waals surface area contributed by atoms with Gasteiger partial charge in [0.1, 0.15) is 0 Å². The second kappa shape index (κ2) is 6.79.